The van der Waals surface area contributed by atoms with Crippen LogP contribution in [0.4, 0.5) is 0 Å². The Morgan fingerprint density at radius 2 is 2.24 bits per heavy atom. The maximum absolute atomic E-state index is 12.4. The lowest BCUT2D eigenvalue weighted by atomic mass is 9.92. The molecule has 0 aliphatic carbocycles. The molecule has 2 fully saturated rings. The van der Waals surface area contributed by atoms with Crippen LogP contribution in [0.15, 0.2) is 0 Å². The highest BCUT2D eigenvalue weighted by atomic mass is 16.5. The Morgan fingerprint density at radius 3 is 2.88 bits per heavy atom. The molecular formula is C13H23NO3. The molecule has 4 atom stereocenters. The monoisotopic (exact) mass is 241 g/mol. The van der Waals surface area contributed by atoms with Gasteiger partial charge in [0.2, 0.25) is 5.91 Å². The van der Waals surface area contributed by atoms with Gasteiger partial charge in [0, 0.05) is 19.7 Å². The lowest BCUT2D eigenvalue weighted by Crippen LogP contribution is -2.49. The highest BCUT2D eigenvalue weighted by molar-refractivity contribution is 5.79. The van der Waals surface area contributed by atoms with Crippen molar-refractivity contribution >= 4 is 5.91 Å². The van der Waals surface area contributed by atoms with E-state index in [0.717, 1.165) is 25.8 Å². The molecule has 98 valence electrons. The largest absolute Gasteiger partial charge is 0.391 e. The van der Waals surface area contributed by atoms with Crippen molar-refractivity contribution in [2.45, 2.75) is 45.3 Å². The first kappa shape index (κ1) is 12.8. The van der Waals surface area contributed by atoms with Gasteiger partial charge >= 0.3 is 0 Å². The molecule has 2 aliphatic rings. The molecule has 17 heavy (non-hydrogen) atoms. The first-order valence-electron chi connectivity index (χ1n) is 6.72. The van der Waals surface area contributed by atoms with Gasteiger partial charge in [-0.3, -0.25) is 4.79 Å². The summed E-state index contributed by atoms with van der Waals surface area (Å²) < 4.78 is 5.56. The molecule has 0 aromatic rings. The van der Waals surface area contributed by atoms with Crippen molar-refractivity contribution < 1.29 is 14.6 Å². The Kier molecular flexibility index (Phi) is 4.05. The van der Waals surface area contributed by atoms with Crippen LogP contribution in [0, 0.1) is 11.8 Å². The second-order valence-corrected chi connectivity index (χ2v) is 5.33. The van der Waals surface area contributed by atoms with Crippen LogP contribution >= 0.6 is 0 Å². The van der Waals surface area contributed by atoms with Crippen LogP contribution in [0.5, 0.6) is 0 Å². The summed E-state index contributed by atoms with van der Waals surface area (Å²) in [4.78, 5) is 14.2. The fourth-order valence-corrected chi connectivity index (χ4v) is 2.82. The van der Waals surface area contributed by atoms with Gasteiger partial charge in [0.25, 0.3) is 0 Å². The zero-order valence-electron chi connectivity index (χ0n) is 10.8. The van der Waals surface area contributed by atoms with E-state index in [-0.39, 0.29) is 24.0 Å². The molecule has 0 aromatic carbocycles. The first-order chi connectivity index (χ1) is 8.13. The molecule has 1 N–H and O–H groups in total. The number of hydrogen-bond acceptors (Lipinski definition) is 3. The van der Waals surface area contributed by atoms with Crippen molar-refractivity contribution in [3.8, 4) is 0 Å². The number of ether oxygens (including phenoxy) is 1. The third-order valence-electron chi connectivity index (χ3n) is 4.16. The second kappa shape index (κ2) is 5.36. The standard InChI is InChI=1S/C13H23NO3/c1-3-12-10(5-7-17-12)13(16)14-6-4-9(2)11(15)8-14/h9-12,15H,3-8H2,1-2H3. The van der Waals surface area contributed by atoms with Crippen molar-refractivity contribution in [3.05, 3.63) is 0 Å². The number of β-amino-alcohol motifs (C(OH)–C–C–N with tert-alkyl or cyclic N) is 1. The first-order valence-corrected chi connectivity index (χ1v) is 6.72. The number of carbonyl (C=O) groups is 1. The number of aliphatic hydroxyl groups is 1. The maximum atomic E-state index is 12.4. The summed E-state index contributed by atoms with van der Waals surface area (Å²) in [5.74, 6) is 0.502. The van der Waals surface area contributed by atoms with Gasteiger partial charge in [0.1, 0.15) is 0 Å². The lowest BCUT2D eigenvalue weighted by Gasteiger charge is -2.36. The molecule has 0 bridgehead atoms. The van der Waals surface area contributed by atoms with Crippen molar-refractivity contribution in [1.82, 2.24) is 4.90 Å². The van der Waals surface area contributed by atoms with Crippen LogP contribution in [0.3, 0.4) is 0 Å². The number of carbonyl (C=O) groups excluding carboxylic acids is 1. The maximum Gasteiger partial charge on any atom is 0.228 e. The predicted octanol–water partition coefficient (Wildman–Crippen LogP) is 1.03. The molecule has 4 unspecified atom stereocenters. The predicted molar refractivity (Wildman–Crippen MR) is 64.5 cm³/mol. The summed E-state index contributed by atoms with van der Waals surface area (Å²) >= 11 is 0. The topological polar surface area (TPSA) is 49.8 Å². The fraction of sp³-hybridized carbons (Fsp3) is 0.923. The summed E-state index contributed by atoms with van der Waals surface area (Å²) in [7, 11) is 0. The molecule has 4 heteroatoms. The number of likely N-dealkylation sites (tertiary alicyclic amines) is 1. The highest BCUT2D eigenvalue weighted by Crippen LogP contribution is 2.27. The molecule has 2 rings (SSSR count). The van der Waals surface area contributed by atoms with Crippen LogP contribution in [0.1, 0.15) is 33.1 Å². The number of nitrogens with zero attached hydrogens (tertiary/aromatic N) is 1. The zero-order chi connectivity index (χ0) is 12.4. The third-order valence-corrected chi connectivity index (χ3v) is 4.16. The normalized spacial score (nSPS) is 38.4. The average molecular weight is 241 g/mol. The minimum absolute atomic E-state index is 0.0145. The smallest absolute Gasteiger partial charge is 0.228 e. The van der Waals surface area contributed by atoms with Gasteiger partial charge in [-0.25, -0.2) is 0 Å². The Morgan fingerprint density at radius 1 is 1.47 bits per heavy atom. The average Bonchev–Trinajstić information content (AvgIpc) is 2.80. The molecule has 0 saturated carbocycles. The lowest BCUT2D eigenvalue weighted by molar-refractivity contribution is -0.141. The molecule has 2 heterocycles. The van der Waals surface area contributed by atoms with Crippen molar-refractivity contribution in [1.29, 1.82) is 0 Å². The molecule has 0 aromatic heterocycles. The van der Waals surface area contributed by atoms with Crippen molar-refractivity contribution in [3.63, 3.8) is 0 Å². The third kappa shape index (κ3) is 2.63. The van der Waals surface area contributed by atoms with E-state index >= 15 is 0 Å². The highest BCUT2D eigenvalue weighted by Gasteiger charge is 2.37. The summed E-state index contributed by atoms with van der Waals surface area (Å²) in [6.07, 6.45) is 2.34. The Hall–Kier alpha value is -0.610. The number of hydrogen-bond donors (Lipinski definition) is 1. The molecule has 0 spiro atoms. The molecule has 0 radical (unpaired) electrons. The zero-order valence-corrected chi connectivity index (χ0v) is 10.8. The fourth-order valence-electron chi connectivity index (χ4n) is 2.82. The van der Waals surface area contributed by atoms with E-state index in [2.05, 4.69) is 6.92 Å². The number of amides is 1. The number of rotatable bonds is 2. The Bertz CT molecular complexity index is 282. The van der Waals surface area contributed by atoms with E-state index in [0.29, 0.717) is 19.1 Å². The van der Waals surface area contributed by atoms with E-state index in [1.54, 1.807) is 0 Å². The van der Waals surface area contributed by atoms with Gasteiger partial charge < -0.3 is 14.7 Å². The van der Waals surface area contributed by atoms with Crippen LogP contribution in [0.2, 0.25) is 0 Å². The molecule has 2 saturated heterocycles. The second-order valence-electron chi connectivity index (χ2n) is 5.33. The van der Waals surface area contributed by atoms with E-state index in [4.69, 9.17) is 4.74 Å². The van der Waals surface area contributed by atoms with Crippen molar-refractivity contribution in [2.24, 2.45) is 11.8 Å². The molecule has 2 aliphatic heterocycles. The van der Waals surface area contributed by atoms with E-state index in [9.17, 15) is 9.90 Å². The SMILES string of the molecule is CCC1OCCC1C(=O)N1CCC(C)C(O)C1. The Balaban J connectivity index is 1.95. The van der Waals surface area contributed by atoms with Gasteiger partial charge in [-0.05, 0) is 25.2 Å². The van der Waals surface area contributed by atoms with Crippen LogP contribution in [0.25, 0.3) is 0 Å². The summed E-state index contributed by atoms with van der Waals surface area (Å²) in [6.45, 7) is 6.07. The van der Waals surface area contributed by atoms with Gasteiger partial charge in [-0.15, -0.1) is 0 Å². The van der Waals surface area contributed by atoms with E-state index in [1.165, 1.54) is 0 Å². The summed E-state index contributed by atoms with van der Waals surface area (Å²) in [6, 6.07) is 0. The molecule has 1 amide bonds. The van der Waals surface area contributed by atoms with E-state index in [1.807, 2.05) is 11.8 Å². The van der Waals surface area contributed by atoms with Gasteiger partial charge in [0.05, 0.1) is 18.1 Å². The molecule has 4 nitrogen and oxygen atoms in total. The number of piperidine rings is 1. The van der Waals surface area contributed by atoms with Gasteiger partial charge in [-0.1, -0.05) is 13.8 Å². The quantitative estimate of drug-likeness (QED) is 0.785. The number of aliphatic hydroxyl groups excluding tert-OH is 1. The molecular weight excluding hydrogens is 218 g/mol. The van der Waals surface area contributed by atoms with Crippen molar-refractivity contribution in [2.75, 3.05) is 19.7 Å². The summed E-state index contributed by atoms with van der Waals surface area (Å²) in [5.41, 5.74) is 0. The van der Waals surface area contributed by atoms with Gasteiger partial charge in [0.15, 0.2) is 0 Å². The van der Waals surface area contributed by atoms with Crippen LogP contribution < -0.4 is 0 Å². The van der Waals surface area contributed by atoms with Gasteiger partial charge in [-0.2, -0.15) is 0 Å². The summed E-state index contributed by atoms with van der Waals surface area (Å²) in [5, 5.41) is 9.84. The van der Waals surface area contributed by atoms with Crippen LogP contribution in [-0.2, 0) is 9.53 Å². The minimum atomic E-state index is -0.366. The van der Waals surface area contributed by atoms with E-state index < -0.39 is 0 Å². The minimum Gasteiger partial charge on any atom is -0.391 e. The Labute approximate surface area is 103 Å². The van der Waals surface area contributed by atoms with Crippen LogP contribution in [-0.4, -0.2) is 47.8 Å².